The molecule has 7 nitrogen and oxygen atoms in total. The van der Waals surface area contributed by atoms with Crippen molar-refractivity contribution >= 4 is 33.8 Å². The highest BCUT2D eigenvalue weighted by molar-refractivity contribution is 7.14. The molecule has 0 saturated heterocycles. The minimum Gasteiger partial charge on any atom is -0.377 e. The summed E-state index contributed by atoms with van der Waals surface area (Å²) in [5.74, 6) is -0.439. The van der Waals surface area contributed by atoms with Gasteiger partial charge in [0.15, 0.2) is 5.13 Å². The van der Waals surface area contributed by atoms with Gasteiger partial charge in [-0.05, 0) is 6.07 Å². The first-order valence-electron chi connectivity index (χ1n) is 7.74. The molecule has 0 radical (unpaired) electrons. The van der Waals surface area contributed by atoms with E-state index in [1.54, 1.807) is 25.1 Å². The number of rotatable bonds is 5. The van der Waals surface area contributed by atoms with E-state index >= 15 is 0 Å². The number of nitro benzene ring substituents is 1. The second kappa shape index (κ2) is 7.32. The van der Waals surface area contributed by atoms with Gasteiger partial charge in [-0.15, -0.1) is 11.3 Å². The van der Waals surface area contributed by atoms with Gasteiger partial charge in [-0.1, -0.05) is 30.3 Å². The lowest BCUT2D eigenvalue weighted by atomic mass is 10.1. The minimum absolute atomic E-state index is 0.134. The summed E-state index contributed by atoms with van der Waals surface area (Å²) < 4.78 is 0. The topological polar surface area (TPSA) is 88.4 Å². The van der Waals surface area contributed by atoms with Crippen LogP contribution in [0.3, 0.4) is 0 Å². The fraction of sp³-hybridized carbons (Fsp3) is 0.111. The SMILES string of the molecule is CN(C)c1ccc([N+](=O)[O-])cc1C(=O)Nc1nc(-c2ccccc2)cs1. The normalized spacial score (nSPS) is 10.4. The Kier molecular flexibility index (Phi) is 4.94. The minimum atomic E-state index is -0.521. The van der Waals surface area contributed by atoms with Gasteiger partial charge in [-0.3, -0.25) is 20.2 Å². The molecule has 0 unspecified atom stereocenters. The molecular formula is C18H16N4O3S. The molecule has 8 heteroatoms. The molecule has 0 aliphatic heterocycles. The maximum absolute atomic E-state index is 12.7. The monoisotopic (exact) mass is 368 g/mol. The molecule has 1 aromatic heterocycles. The van der Waals surface area contributed by atoms with Crippen molar-refractivity contribution in [3.05, 3.63) is 69.6 Å². The van der Waals surface area contributed by atoms with Gasteiger partial charge >= 0.3 is 0 Å². The molecule has 0 spiro atoms. The smallest absolute Gasteiger partial charge is 0.270 e. The summed E-state index contributed by atoms with van der Waals surface area (Å²) in [7, 11) is 3.55. The zero-order valence-corrected chi connectivity index (χ0v) is 15.0. The van der Waals surface area contributed by atoms with Crippen LogP contribution in [0.2, 0.25) is 0 Å². The number of nitro groups is 1. The summed E-state index contributed by atoms with van der Waals surface area (Å²) in [5, 5.41) is 16.0. The molecule has 1 amide bonds. The van der Waals surface area contributed by atoms with Gasteiger partial charge in [0.1, 0.15) is 0 Å². The predicted molar refractivity (Wildman–Crippen MR) is 103 cm³/mol. The lowest BCUT2D eigenvalue weighted by Crippen LogP contribution is -2.18. The van der Waals surface area contributed by atoms with Crippen molar-refractivity contribution in [1.82, 2.24) is 4.98 Å². The Morgan fingerprint density at radius 2 is 1.92 bits per heavy atom. The zero-order chi connectivity index (χ0) is 18.7. The molecule has 1 N–H and O–H groups in total. The Labute approximate surface area is 154 Å². The number of nitrogens with zero attached hydrogens (tertiary/aromatic N) is 3. The first-order valence-corrected chi connectivity index (χ1v) is 8.61. The fourth-order valence-corrected chi connectivity index (χ4v) is 3.16. The standard InChI is InChI=1S/C18H16N4O3S/c1-21(2)16-9-8-13(22(24)25)10-14(16)17(23)20-18-19-15(11-26-18)12-6-4-3-5-7-12/h3-11H,1-2H3,(H,19,20,23). The fourth-order valence-electron chi connectivity index (χ4n) is 2.45. The summed E-state index contributed by atoms with van der Waals surface area (Å²) in [6, 6.07) is 13.8. The third kappa shape index (κ3) is 3.70. The molecule has 3 rings (SSSR count). The van der Waals surface area contributed by atoms with E-state index in [1.807, 2.05) is 35.7 Å². The van der Waals surface area contributed by atoms with Gasteiger partial charge in [0.25, 0.3) is 11.6 Å². The third-order valence-electron chi connectivity index (χ3n) is 3.71. The quantitative estimate of drug-likeness (QED) is 0.542. The van der Waals surface area contributed by atoms with Crippen LogP contribution in [0, 0.1) is 10.1 Å². The number of amides is 1. The summed E-state index contributed by atoms with van der Waals surface area (Å²) in [6.07, 6.45) is 0. The molecule has 0 bridgehead atoms. The number of nitrogens with one attached hydrogen (secondary N) is 1. The molecule has 132 valence electrons. The molecule has 0 saturated carbocycles. The van der Waals surface area contributed by atoms with Crippen molar-refractivity contribution in [2.75, 3.05) is 24.3 Å². The maximum Gasteiger partial charge on any atom is 0.270 e. The maximum atomic E-state index is 12.7. The van der Waals surface area contributed by atoms with E-state index in [4.69, 9.17) is 0 Å². The van der Waals surface area contributed by atoms with E-state index in [2.05, 4.69) is 10.3 Å². The Balaban J connectivity index is 1.87. The Morgan fingerprint density at radius 1 is 1.19 bits per heavy atom. The van der Waals surface area contributed by atoms with Crippen molar-refractivity contribution < 1.29 is 9.72 Å². The summed E-state index contributed by atoms with van der Waals surface area (Å²) in [4.78, 5) is 29.3. The van der Waals surface area contributed by atoms with Crippen molar-refractivity contribution in [2.24, 2.45) is 0 Å². The van der Waals surface area contributed by atoms with Crippen LogP contribution < -0.4 is 10.2 Å². The van der Waals surface area contributed by atoms with Crippen molar-refractivity contribution in [2.45, 2.75) is 0 Å². The Bertz CT molecular complexity index is 954. The van der Waals surface area contributed by atoms with Crippen LogP contribution >= 0.6 is 11.3 Å². The second-order valence-electron chi connectivity index (χ2n) is 5.71. The van der Waals surface area contributed by atoms with E-state index in [-0.39, 0.29) is 11.3 Å². The molecule has 0 aliphatic rings. The molecule has 0 fully saturated rings. The highest BCUT2D eigenvalue weighted by Crippen LogP contribution is 2.28. The molecule has 2 aromatic carbocycles. The van der Waals surface area contributed by atoms with E-state index in [9.17, 15) is 14.9 Å². The van der Waals surface area contributed by atoms with Gasteiger partial charge in [-0.25, -0.2) is 4.98 Å². The Hall–Kier alpha value is -3.26. The molecular weight excluding hydrogens is 352 g/mol. The van der Waals surface area contributed by atoms with Gasteiger partial charge in [0, 0.05) is 42.9 Å². The number of hydrogen-bond acceptors (Lipinski definition) is 6. The first kappa shape index (κ1) is 17.6. The number of aromatic nitrogens is 1. The average molecular weight is 368 g/mol. The largest absolute Gasteiger partial charge is 0.377 e. The van der Waals surface area contributed by atoms with E-state index in [1.165, 1.54) is 23.5 Å². The first-order chi connectivity index (χ1) is 12.5. The average Bonchev–Trinajstić information content (AvgIpc) is 3.10. The number of carbonyl (C=O) groups is 1. The summed E-state index contributed by atoms with van der Waals surface area (Å²) in [5.41, 5.74) is 2.39. The number of thiazole rings is 1. The number of benzene rings is 2. The van der Waals surface area contributed by atoms with Crippen LogP contribution in [-0.2, 0) is 0 Å². The Morgan fingerprint density at radius 3 is 2.58 bits per heavy atom. The molecule has 0 atom stereocenters. The number of hydrogen-bond donors (Lipinski definition) is 1. The van der Waals surface area contributed by atoms with Crippen LogP contribution in [0.25, 0.3) is 11.3 Å². The van der Waals surface area contributed by atoms with Gasteiger partial charge < -0.3 is 4.90 Å². The van der Waals surface area contributed by atoms with Crippen molar-refractivity contribution in [1.29, 1.82) is 0 Å². The zero-order valence-electron chi connectivity index (χ0n) is 14.2. The van der Waals surface area contributed by atoms with Crippen molar-refractivity contribution in [3.8, 4) is 11.3 Å². The highest BCUT2D eigenvalue weighted by atomic mass is 32.1. The van der Waals surface area contributed by atoms with E-state index < -0.39 is 10.8 Å². The number of anilines is 2. The van der Waals surface area contributed by atoms with Gasteiger partial charge in [0.2, 0.25) is 0 Å². The lowest BCUT2D eigenvalue weighted by Gasteiger charge is -2.16. The van der Waals surface area contributed by atoms with Crippen LogP contribution in [0.5, 0.6) is 0 Å². The number of non-ortho nitro benzene ring substituents is 1. The third-order valence-corrected chi connectivity index (χ3v) is 4.47. The van der Waals surface area contributed by atoms with Crippen LogP contribution in [-0.4, -0.2) is 29.9 Å². The van der Waals surface area contributed by atoms with E-state index in [0.717, 1.165) is 11.3 Å². The predicted octanol–water partition coefficient (Wildman–Crippen LogP) is 4.04. The van der Waals surface area contributed by atoms with Crippen molar-refractivity contribution in [3.63, 3.8) is 0 Å². The second-order valence-corrected chi connectivity index (χ2v) is 6.57. The van der Waals surface area contributed by atoms with Gasteiger partial charge in [-0.2, -0.15) is 0 Å². The van der Waals surface area contributed by atoms with Crippen LogP contribution in [0.1, 0.15) is 10.4 Å². The van der Waals surface area contributed by atoms with Crippen LogP contribution in [0.4, 0.5) is 16.5 Å². The van der Waals surface area contributed by atoms with Gasteiger partial charge in [0.05, 0.1) is 16.2 Å². The summed E-state index contributed by atoms with van der Waals surface area (Å²) in [6.45, 7) is 0. The molecule has 26 heavy (non-hydrogen) atoms. The molecule has 0 aliphatic carbocycles. The number of carbonyl (C=O) groups excluding carboxylic acids is 1. The molecule has 1 heterocycles. The van der Waals surface area contributed by atoms with Crippen LogP contribution in [0.15, 0.2) is 53.9 Å². The lowest BCUT2D eigenvalue weighted by molar-refractivity contribution is -0.384. The summed E-state index contributed by atoms with van der Waals surface area (Å²) >= 11 is 1.30. The molecule has 3 aromatic rings. The van der Waals surface area contributed by atoms with E-state index in [0.29, 0.717) is 10.8 Å². The highest BCUT2D eigenvalue weighted by Gasteiger charge is 2.19.